The number of aryl methyl sites for hydroxylation is 2. The summed E-state index contributed by atoms with van der Waals surface area (Å²) in [5, 5.41) is 8.04. The zero-order valence-electron chi connectivity index (χ0n) is 16.8. The maximum Gasteiger partial charge on any atom is 0.258 e. The molecule has 0 radical (unpaired) electrons. The monoisotopic (exact) mass is 389 g/mol. The molecule has 0 amide bonds. The van der Waals surface area contributed by atoms with Gasteiger partial charge in [0.25, 0.3) is 5.56 Å². The summed E-state index contributed by atoms with van der Waals surface area (Å²) in [5.74, 6) is 0. The standard InChI is InChI=1S/C21H23N7O/c1-13-8-18(25-28-11-15(3)23-21(13)28)17-9-20(29)27-12-16(4-5-19(27)24-17)26-7-6-22-14(2)10-26/h4-5,8-9,11-12,14,22H,6-7,10H2,1-3H3/t14-/m1/s1. The molecule has 5 rings (SSSR count). The SMILES string of the molecule is Cc1cn2nc(-c3cc(=O)n4cc(N5CCN[C@H](C)C5)ccc4n3)cc(C)c2n1. The maximum absolute atomic E-state index is 12.9. The fourth-order valence-electron chi connectivity index (χ4n) is 3.95. The van der Waals surface area contributed by atoms with Gasteiger partial charge >= 0.3 is 0 Å². The quantitative estimate of drug-likeness (QED) is 0.563. The molecule has 1 atom stereocenters. The highest BCUT2D eigenvalue weighted by Crippen LogP contribution is 2.20. The van der Waals surface area contributed by atoms with Gasteiger partial charge in [0.1, 0.15) is 11.3 Å². The Morgan fingerprint density at radius 1 is 1.10 bits per heavy atom. The van der Waals surface area contributed by atoms with Crippen LogP contribution in [0.1, 0.15) is 18.2 Å². The smallest absolute Gasteiger partial charge is 0.258 e. The van der Waals surface area contributed by atoms with Crippen LogP contribution in [-0.2, 0) is 0 Å². The molecular weight excluding hydrogens is 366 g/mol. The lowest BCUT2D eigenvalue weighted by molar-refractivity contribution is 0.484. The molecule has 1 fully saturated rings. The zero-order valence-corrected chi connectivity index (χ0v) is 16.8. The van der Waals surface area contributed by atoms with Gasteiger partial charge in [0.2, 0.25) is 0 Å². The number of fused-ring (bicyclic) bond motifs is 2. The van der Waals surface area contributed by atoms with Gasteiger partial charge in [-0.1, -0.05) is 0 Å². The van der Waals surface area contributed by atoms with Gasteiger partial charge in [0.05, 0.1) is 23.3 Å². The van der Waals surface area contributed by atoms with Gasteiger partial charge < -0.3 is 10.2 Å². The predicted octanol–water partition coefficient (Wildman–Crippen LogP) is 1.82. The van der Waals surface area contributed by atoms with E-state index in [-0.39, 0.29) is 5.56 Å². The minimum absolute atomic E-state index is 0.114. The van der Waals surface area contributed by atoms with Crippen LogP contribution in [0.5, 0.6) is 0 Å². The Balaban J connectivity index is 1.58. The van der Waals surface area contributed by atoms with Crippen molar-refractivity contribution in [3.8, 4) is 11.4 Å². The van der Waals surface area contributed by atoms with Crippen molar-refractivity contribution in [3.63, 3.8) is 0 Å². The minimum Gasteiger partial charge on any atom is -0.368 e. The topological polar surface area (TPSA) is 79.8 Å². The molecule has 0 bridgehead atoms. The van der Waals surface area contributed by atoms with Crippen LogP contribution in [0.3, 0.4) is 0 Å². The number of pyridine rings is 1. The average Bonchev–Trinajstić information content (AvgIpc) is 3.08. The number of hydrogen-bond acceptors (Lipinski definition) is 6. The van der Waals surface area contributed by atoms with E-state index < -0.39 is 0 Å². The van der Waals surface area contributed by atoms with E-state index in [0.29, 0.717) is 23.1 Å². The average molecular weight is 389 g/mol. The molecule has 1 saturated heterocycles. The van der Waals surface area contributed by atoms with Crippen LogP contribution in [0.4, 0.5) is 5.69 Å². The molecule has 8 nitrogen and oxygen atoms in total. The van der Waals surface area contributed by atoms with Crippen LogP contribution in [0, 0.1) is 13.8 Å². The van der Waals surface area contributed by atoms with E-state index in [2.05, 4.69) is 27.2 Å². The van der Waals surface area contributed by atoms with Gasteiger partial charge in [-0.15, -0.1) is 0 Å². The third kappa shape index (κ3) is 3.15. The van der Waals surface area contributed by atoms with E-state index >= 15 is 0 Å². The van der Waals surface area contributed by atoms with E-state index in [1.54, 1.807) is 15.0 Å². The molecule has 1 aliphatic rings. The Morgan fingerprint density at radius 3 is 2.79 bits per heavy atom. The number of hydrogen-bond donors (Lipinski definition) is 1. The van der Waals surface area contributed by atoms with Crippen molar-refractivity contribution in [2.75, 3.05) is 24.5 Å². The number of nitrogens with zero attached hydrogens (tertiary/aromatic N) is 6. The lowest BCUT2D eigenvalue weighted by atomic mass is 10.2. The lowest BCUT2D eigenvalue weighted by Crippen LogP contribution is -2.49. The molecule has 4 aromatic rings. The molecule has 0 spiro atoms. The van der Waals surface area contributed by atoms with E-state index in [1.165, 1.54) is 0 Å². The van der Waals surface area contributed by atoms with Gasteiger partial charge in [-0.25, -0.2) is 14.5 Å². The summed E-state index contributed by atoms with van der Waals surface area (Å²) in [6, 6.07) is 7.84. The first-order valence-corrected chi connectivity index (χ1v) is 9.84. The minimum atomic E-state index is -0.114. The summed E-state index contributed by atoms with van der Waals surface area (Å²) >= 11 is 0. The van der Waals surface area contributed by atoms with Crippen molar-refractivity contribution in [1.29, 1.82) is 0 Å². The Labute approximate surface area is 167 Å². The number of nitrogens with one attached hydrogen (secondary N) is 1. The molecule has 1 aliphatic heterocycles. The van der Waals surface area contributed by atoms with Gasteiger partial charge in [0.15, 0.2) is 5.65 Å². The number of rotatable bonds is 2. The number of anilines is 1. The van der Waals surface area contributed by atoms with Crippen molar-refractivity contribution in [1.82, 2.24) is 29.3 Å². The van der Waals surface area contributed by atoms with Crippen molar-refractivity contribution in [3.05, 3.63) is 58.3 Å². The normalized spacial score (nSPS) is 17.3. The fraction of sp³-hybridized carbons (Fsp3) is 0.333. The molecule has 0 saturated carbocycles. The number of piperazine rings is 1. The molecule has 4 aromatic heterocycles. The Hall–Kier alpha value is -3.26. The second-order valence-electron chi connectivity index (χ2n) is 7.76. The third-order valence-electron chi connectivity index (χ3n) is 5.37. The van der Waals surface area contributed by atoms with Crippen LogP contribution in [0.2, 0.25) is 0 Å². The first-order chi connectivity index (χ1) is 14.0. The summed E-state index contributed by atoms with van der Waals surface area (Å²) in [4.78, 5) is 24.3. The van der Waals surface area contributed by atoms with Crippen LogP contribution < -0.4 is 15.8 Å². The molecule has 1 N–H and O–H groups in total. The van der Waals surface area contributed by atoms with E-state index in [9.17, 15) is 4.79 Å². The Bertz CT molecular complexity index is 1290. The third-order valence-corrected chi connectivity index (χ3v) is 5.37. The van der Waals surface area contributed by atoms with E-state index in [1.807, 2.05) is 44.4 Å². The molecule has 0 aliphatic carbocycles. The molecule has 29 heavy (non-hydrogen) atoms. The molecule has 0 unspecified atom stereocenters. The first kappa shape index (κ1) is 17.8. The zero-order chi connectivity index (χ0) is 20.1. The van der Waals surface area contributed by atoms with Gasteiger partial charge in [-0.2, -0.15) is 5.10 Å². The highest BCUT2D eigenvalue weighted by molar-refractivity contribution is 5.62. The van der Waals surface area contributed by atoms with E-state index in [0.717, 1.165) is 42.2 Å². The molecule has 148 valence electrons. The molecular formula is C21H23N7O. The summed E-state index contributed by atoms with van der Waals surface area (Å²) < 4.78 is 3.36. The largest absolute Gasteiger partial charge is 0.368 e. The maximum atomic E-state index is 12.9. The summed E-state index contributed by atoms with van der Waals surface area (Å²) in [7, 11) is 0. The number of imidazole rings is 1. The highest BCUT2D eigenvalue weighted by atomic mass is 16.1. The van der Waals surface area contributed by atoms with E-state index in [4.69, 9.17) is 4.98 Å². The second-order valence-corrected chi connectivity index (χ2v) is 7.76. The van der Waals surface area contributed by atoms with Gasteiger partial charge in [-0.05, 0) is 44.5 Å². The Morgan fingerprint density at radius 2 is 1.97 bits per heavy atom. The second kappa shape index (κ2) is 6.66. The van der Waals surface area contributed by atoms with Crippen LogP contribution in [0.15, 0.2) is 41.5 Å². The van der Waals surface area contributed by atoms with Gasteiger partial charge in [-0.3, -0.25) is 9.20 Å². The van der Waals surface area contributed by atoms with Crippen molar-refractivity contribution >= 4 is 17.0 Å². The number of aromatic nitrogens is 5. The molecule has 5 heterocycles. The summed E-state index contributed by atoms with van der Waals surface area (Å²) in [6.07, 6.45) is 3.76. The van der Waals surface area contributed by atoms with Crippen LogP contribution in [-0.4, -0.2) is 49.7 Å². The lowest BCUT2D eigenvalue weighted by Gasteiger charge is -2.33. The van der Waals surface area contributed by atoms with Crippen molar-refractivity contribution in [2.24, 2.45) is 0 Å². The van der Waals surface area contributed by atoms with Gasteiger partial charge in [0, 0.05) is 37.9 Å². The first-order valence-electron chi connectivity index (χ1n) is 9.84. The highest BCUT2D eigenvalue weighted by Gasteiger charge is 2.17. The predicted molar refractivity (Wildman–Crippen MR) is 113 cm³/mol. The van der Waals surface area contributed by atoms with Crippen LogP contribution in [0.25, 0.3) is 22.7 Å². The van der Waals surface area contributed by atoms with Crippen molar-refractivity contribution < 1.29 is 0 Å². The molecule has 0 aromatic carbocycles. The molecule has 8 heteroatoms. The van der Waals surface area contributed by atoms with Crippen molar-refractivity contribution in [2.45, 2.75) is 26.8 Å². The summed E-state index contributed by atoms with van der Waals surface area (Å²) in [6.45, 7) is 8.86. The van der Waals surface area contributed by atoms with Crippen LogP contribution >= 0.6 is 0 Å². The summed E-state index contributed by atoms with van der Waals surface area (Å²) in [5.41, 5.74) is 5.47. The Kier molecular flexibility index (Phi) is 4.09. The fourth-order valence-corrected chi connectivity index (χ4v) is 3.95.